The maximum absolute atomic E-state index is 12.3. The number of aryl methyl sites for hydroxylation is 1. The van der Waals surface area contributed by atoms with Gasteiger partial charge in [0.15, 0.2) is 0 Å². The van der Waals surface area contributed by atoms with Gasteiger partial charge in [-0.2, -0.15) is 0 Å². The lowest BCUT2D eigenvalue weighted by Gasteiger charge is -2.09. The highest BCUT2D eigenvalue weighted by Crippen LogP contribution is 2.38. The first kappa shape index (κ1) is 13.8. The summed E-state index contributed by atoms with van der Waals surface area (Å²) in [5, 5.41) is 0.280. The number of likely N-dealkylation sites (N-methyl/N-ethyl adjacent to an activating group) is 1. The number of fused-ring (bicyclic) bond motifs is 1. The molecule has 1 aliphatic rings. The van der Waals surface area contributed by atoms with Crippen LogP contribution >= 0.6 is 15.9 Å². The number of carbonyl (C=O) groups is 2. The SMILES string of the molecule is COC(=O)C(CBr)=C1C(=O)N(C)c2ccc(C)cc21. The van der Waals surface area contributed by atoms with E-state index in [1.54, 1.807) is 11.9 Å². The molecule has 0 unspecified atom stereocenters. The molecule has 1 heterocycles. The van der Waals surface area contributed by atoms with Gasteiger partial charge < -0.3 is 9.64 Å². The lowest BCUT2D eigenvalue weighted by Crippen LogP contribution is -2.22. The Morgan fingerprint density at radius 3 is 2.68 bits per heavy atom. The number of hydrogen-bond acceptors (Lipinski definition) is 3. The number of amides is 1. The molecule has 0 saturated heterocycles. The molecule has 19 heavy (non-hydrogen) atoms. The molecule has 2 rings (SSSR count). The minimum atomic E-state index is -0.483. The summed E-state index contributed by atoms with van der Waals surface area (Å²) in [7, 11) is 3.01. The summed E-state index contributed by atoms with van der Waals surface area (Å²) in [6.45, 7) is 1.95. The second-order valence-corrected chi connectivity index (χ2v) is 4.92. The Balaban J connectivity index is 2.72. The van der Waals surface area contributed by atoms with E-state index in [9.17, 15) is 9.59 Å². The Morgan fingerprint density at radius 1 is 1.42 bits per heavy atom. The Hall–Kier alpha value is -1.62. The number of esters is 1. The van der Waals surface area contributed by atoms with Crippen LogP contribution in [0, 0.1) is 6.92 Å². The summed E-state index contributed by atoms with van der Waals surface area (Å²) in [6, 6.07) is 5.74. The van der Waals surface area contributed by atoms with Gasteiger partial charge in [0.05, 0.1) is 23.9 Å². The molecule has 1 aromatic carbocycles. The number of hydrogen-bond donors (Lipinski definition) is 0. The van der Waals surface area contributed by atoms with E-state index in [4.69, 9.17) is 4.74 Å². The van der Waals surface area contributed by atoms with Crippen LogP contribution in [0.2, 0.25) is 0 Å². The third-order valence-electron chi connectivity index (χ3n) is 3.17. The van der Waals surface area contributed by atoms with Crippen LogP contribution in [0.5, 0.6) is 0 Å². The van der Waals surface area contributed by atoms with Gasteiger partial charge in [0.25, 0.3) is 5.91 Å². The Bertz CT molecular complexity index is 592. The van der Waals surface area contributed by atoms with E-state index >= 15 is 0 Å². The smallest absolute Gasteiger partial charge is 0.335 e. The highest BCUT2D eigenvalue weighted by Gasteiger charge is 2.34. The molecule has 0 radical (unpaired) electrons. The van der Waals surface area contributed by atoms with E-state index in [0.717, 1.165) is 16.8 Å². The largest absolute Gasteiger partial charge is 0.466 e. The molecule has 1 amide bonds. The van der Waals surface area contributed by atoms with E-state index in [0.29, 0.717) is 11.1 Å². The van der Waals surface area contributed by atoms with Crippen molar-refractivity contribution in [2.45, 2.75) is 6.92 Å². The number of alkyl halides is 1. The fourth-order valence-electron chi connectivity index (χ4n) is 2.17. The van der Waals surface area contributed by atoms with Gasteiger partial charge in [0.1, 0.15) is 0 Å². The van der Waals surface area contributed by atoms with Crippen LogP contribution in [0.3, 0.4) is 0 Å². The van der Waals surface area contributed by atoms with Gasteiger partial charge in [-0.25, -0.2) is 4.79 Å². The summed E-state index contributed by atoms with van der Waals surface area (Å²) in [6.07, 6.45) is 0. The number of rotatable bonds is 2. The van der Waals surface area contributed by atoms with Crippen LogP contribution in [0.25, 0.3) is 5.57 Å². The fraction of sp³-hybridized carbons (Fsp3) is 0.286. The van der Waals surface area contributed by atoms with E-state index < -0.39 is 5.97 Å². The second kappa shape index (κ2) is 5.17. The number of halogens is 1. The van der Waals surface area contributed by atoms with Gasteiger partial charge >= 0.3 is 5.97 Å². The monoisotopic (exact) mass is 323 g/mol. The van der Waals surface area contributed by atoms with E-state index in [-0.39, 0.29) is 11.2 Å². The van der Waals surface area contributed by atoms with E-state index in [1.807, 2.05) is 25.1 Å². The van der Waals surface area contributed by atoms with E-state index in [2.05, 4.69) is 15.9 Å². The standard InChI is InChI=1S/C14H14BrNO3/c1-8-4-5-11-9(6-8)12(13(17)16(11)2)10(7-15)14(18)19-3/h4-6H,7H2,1-3H3. The summed E-state index contributed by atoms with van der Waals surface area (Å²) >= 11 is 3.26. The first-order valence-electron chi connectivity index (χ1n) is 5.77. The molecule has 100 valence electrons. The maximum atomic E-state index is 12.3. The molecule has 0 fully saturated rings. The highest BCUT2D eigenvalue weighted by molar-refractivity contribution is 9.09. The molecule has 1 aliphatic heterocycles. The van der Waals surface area contributed by atoms with Crippen LogP contribution in [0.15, 0.2) is 23.8 Å². The predicted molar refractivity (Wildman–Crippen MR) is 77.3 cm³/mol. The van der Waals surface area contributed by atoms with Crippen LogP contribution in [-0.2, 0) is 14.3 Å². The van der Waals surface area contributed by atoms with Gasteiger partial charge in [0, 0.05) is 17.9 Å². The van der Waals surface area contributed by atoms with Crippen molar-refractivity contribution in [3.63, 3.8) is 0 Å². The Kier molecular flexibility index (Phi) is 3.75. The third-order valence-corrected chi connectivity index (χ3v) is 3.73. The van der Waals surface area contributed by atoms with Gasteiger partial charge in [0.2, 0.25) is 0 Å². The molecule has 0 aromatic heterocycles. The molecule has 1 aromatic rings. The molecule has 0 saturated carbocycles. The highest BCUT2D eigenvalue weighted by atomic mass is 79.9. The number of methoxy groups -OCH3 is 1. The zero-order valence-corrected chi connectivity index (χ0v) is 12.6. The van der Waals surface area contributed by atoms with Crippen LogP contribution in [0.4, 0.5) is 5.69 Å². The van der Waals surface area contributed by atoms with Crippen molar-refractivity contribution < 1.29 is 14.3 Å². The van der Waals surface area contributed by atoms with Crippen molar-refractivity contribution in [2.24, 2.45) is 0 Å². The van der Waals surface area contributed by atoms with Crippen molar-refractivity contribution in [1.82, 2.24) is 0 Å². The quantitative estimate of drug-likeness (QED) is 0.476. The van der Waals surface area contributed by atoms with Crippen molar-refractivity contribution in [2.75, 3.05) is 24.4 Å². The summed E-state index contributed by atoms with van der Waals surface area (Å²) in [5.41, 5.74) is 3.41. The van der Waals surface area contributed by atoms with Crippen molar-refractivity contribution in [1.29, 1.82) is 0 Å². The van der Waals surface area contributed by atoms with Crippen molar-refractivity contribution in [3.05, 3.63) is 34.9 Å². The van der Waals surface area contributed by atoms with Crippen LogP contribution in [0.1, 0.15) is 11.1 Å². The van der Waals surface area contributed by atoms with Crippen LogP contribution < -0.4 is 4.90 Å². The van der Waals surface area contributed by atoms with Gasteiger partial charge in [-0.05, 0) is 19.1 Å². The average Bonchev–Trinajstić information content (AvgIpc) is 2.64. The van der Waals surface area contributed by atoms with Gasteiger partial charge in [-0.1, -0.05) is 27.6 Å². The zero-order chi connectivity index (χ0) is 14.2. The average molecular weight is 324 g/mol. The van der Waals surface area contributed by atoms with Crippen molar-refractivity contribution in [3.8, 4) is 0 Å². The number of nitrogens with zero attached hydrogens (tertiary/aromatic N) is 1. The maximum Gasteiger partial charge on any atom is 0.335 e. The number of anilines is 1. The molecular weight excluding hydrogens is 310 g/mol. The number of ether oxygens (including phenoxy) is 1. The number of benzene rings is 1. The predicted octanol–water partition coefficient (Wildman–Crippen LogP) is 2.29. The topological polar surface area (TPSA) is 46.6 Å². The Morgan fingerprint density at radius 2 is 2.11 bits per heavy atom. The molecule has 0 atom stereocenters. The lowest BCUT2D eigenvalue weighted by molar-refractivity contribution is -0.136. The zero-order valence-electron chi connectivity index (χ0n) is 11.0. The molecule has 5 heteroatoms. The molecule has 0 aliphatic carbocycles. The number of carbonyl (C=O) groups excluding carboxylic acids is 2. The normalized spacial score (nSPS) is 16.4. The fourth-order valence-corrected chi connectivity index (χ4v) is 2.68. The molecule has 4 nitrogen and oxygen atoms in total. The van der Waals surface area contributed by atoms with Crippen molar-refractivity contribution >= 4 is 39.1 Å². The lowest BCUT2D eigenvalue weighted by atomic mass is 10.0. The molecule has 0 bridgehead atoms. The Labute approximate surface area is 120 Å². The summed E-state index contributed by atoms with van der Waals surface area (Å²) in [4.78, 5) is 25.7. The van der Waals surface area contributed by atoms with Gasteiger partial charge in [-0.3, -0.25) is 4.79 Å². The molecule has 0 N–H and O–H groups in total. The second-order valence-electron chi connectivity index (χ2n) is 4.36. The third kappa shape index (κ3) is 2.18. The summed E-state index contributed by atoms with van der Waals surface area (Å²) in [5.74, 6) is -0.663. The van der Waals surface area contributed by atoms with Gasteiger partial charge in [-0.15, -0.1) is 0 Å². The summed E-state index contributed by atoms with van der Waals surface area (Å²) < 4.78 is 4.75. The first-order chi connectivity index (χ1) is 9.01. The minimum absolute atomic E-state index is 0.180. The van der Waals surface area contributed by atoms with E-state index in [1.165, 1.54) is 7.11 Å². The van der Waals surface area contributed by atoms with Crippen LogP contribution in [-0.4, -0.2) is 31.4 Å². The minimum Gasteiger partial charge on any atom is -0.466 e. The molecule has 0 spiro atoms. The first-order valence-corrected chi connectivity index (χ1v) is 6.90. The molecular formula is C14H14BrNO3.